The van der Waals surface area contributed by atoms with E-state index in [0.29, 0.717) is 5.56 Å². The van der Waals surface area contributed by atoms with Crippen LogP contribution in [0.4, 0.5) is 5.69 Å². The van der Waals surface area contributed by atoms with E-state index >= 15 is 0 Å². The fourth-order valence-electron chi connectivity index (χ4n) is 4.97. The normalized spacial score (nSPS) is 14.7. The summed E-state index contributed by atoms with van der Waals surface area (Å²) in [6, 6.07) is 18.8. The summed E-state index contributed by atoms with van der Waals surface area (Å²) >= 11 is 0. The van der Waals surface area contributed by atoms with Crippen LogP contribution in [-0.4, -0.2) is 32.4 Å². The Morgan fingerprint density at radius 1 is 1.06 bits per heavy atom. The molecule has 4 heterocycles. The molecule has 0 amide bonds. The van der Waals surface area contributed by atoms with Crippen LogP contribution in [0.1, 0.15) is 30.9 Å². The molecular formula is C26H24N6. The van der Waals surface area contributed by atoms with Gasteiger partial charge in [-0.2, -0.15) is 10.4 Å². The first-order valence-electron chi connectivity index (χ1n) is 11.2. The van der Waals surface area contributed by atoms with Crippen LogP contribution >= 0.6 is 0 Å². The lowest BCUT2D eigenvalue weighted by atomic mass is 9.94. The predicted octanol–water partition coefficient (Wildman–Crippen LogP) is 4.87. The Bertz CT molecular complexity index is 1330. The largest absolute Gasteiger partial charge is 0.371 e. The maximum atomic E-state index is 9.09. The van der Waals surface area contributed by atoms with E-state index in [1.165, 1.54) is 24.1 Å². The van der Waals surface area contributed by atoms with E-state index in [1.807, 2.05) is 28.9 Å². The number of aromatic nitrogens is 4. The number of hydrogen-bond acceptors (Lipinski definition) is 4. The molecule has 4 aromatic rings. The second kappa shape index (κ2) is 7.38. The third kappa shape index (κ3) is 3.01. The van der Waals surface area contributed by atoms with Gasteiger partial charge in [-0.25, -0.2) is 9.67 Å². The van der Waals surface area contributed by atoms with Crippen LogP contribution < -0.4 is 4.90 Å². The third-order valence-electron chi connectivity index (χ3n) is 6.67. The smallest absolute Gasteiger partial charge is 0.179 e. The first-order chi connectivity index (χ1) is 15.7. The van der Waals surface area contributed by atoms with Crippen molar-refractivity contribution >= 4 is 5.69 Å². The quantitative estimate of drug-likeness (QED) is 0.416. The van der Waals surface area contributed by atoms with Gasteiger partial charge in [-0.05, 0) is 59.9 Å². The lowest BCUT2D eigenvalue weighted by Gasteiger charge is -2.41. The maximum absolute atomic E-state index is 9.09. The van der Waals surface area contributed by atoms with Crippen LogP contribution in [0.2, 0.25) is 0 Å². The first kappa shape index (κ1) is 18.9. The highest BCUT2D eigenvalue weighted by Crippen LogP contribution is 2.36. The standard InChI is InChI=1S/C26H24N6/c1-2-3-19-13-30(14-19)23-8-9-24-22(10-23)16-31-15-21(20-6-4-18(12-27)5-7-20)11-25(31)26-28-17-29-32(24)26/h4-11,15,17,19H,2-3,13-14,16H2,1H3. The topological polar surface area (TPSA) is 62.7 Å². The molecule has 32 heavy (non-hydrogen) atoms. The Morgan fingerprint density at radius 3 is 2.69 bits per heavy atom. The van der Waals surface area contributed by atoms with E-state index in [2.05, 4.69) is 63.0 Å². The average molecular weight is 421 g/mol. The molecule has 0 radical (unpaired) electrons. The minimum atomic E-state index is 0.669. The molecule has 1 saturated heterocycles. The van der Waals surface area contributed by atoms with Gasteiger partial charge in [0.2, 0.25) is 0 Å². The third-order valence-corrected chi connectivity index (χ3v) is 6.67. The molecule has 0 saturated carbocycles. The zero-order valence-corrected chi connectivity index (χ0v) is 18.1. The summed E-state index contributed by atoms with van der Waals surface area (Å²) in [6.07, 6.45) is 6.38. The molecule has 0 unspecified atom stereocenters. The Hall–Kier alpha value is -3.85. The van der Waals surface area contributed by atoms with Gasteiger partial charge in [-0.1, -0.05) is 25.5 Å². The van der Waals surface area contributed by atoms with Crippen molar-refractivity contribution in [1.29, 1.82) is 5.26 Å². The molecule has 0 atom stereocenters. The molecule has 0 spiro atoms. The highest BCUT2D eigenvalue weighted by Gasteiger charge is 2.28. The molecule has 1 fully saturated rings. The Morgan fingerprint density at radius 2 is 1.91 bits per heavy atom. The molecule has 2 aromatic heterocycles. The SMILES string of the molecule is CCCC1CN(c2ccc3c(c2)Cn2cc(-c4ccc(C#N)cc4)cc2-c2ncnn2-3)C1. The number of anilines is 1. The molecule has 2 aromatic carbocycles. The van der Waals surface area contributed by atoms with Gasteiger partial charge in [0.05, 0.1) is 23.0 Å². The van der Waals surface area contributed by atoms with Crippen LogP contribution in [0.5, 0.6) is 0 Å². The van der Waals surface area contributed by atoms with Crippen LogP contribution in [0.3, 0.4) is 0 Å². The van der Waals surface area contributed by atoms with Gasteiger partial charge in [0.1, 0.15) is 6.33 Å². The fraction of sp³-hybridized carbons (Fsp3) is 0.269. The first-order valence-corrected chi connectivity index (χ1v) is 11.2. The summed E-state index contributed by atoms with van der Waals surface area (Å²) in [5.41, 5.74) is 7.55. The molecule has 0 aliphatic carbocycles. The molecule has 2 aliphatic heterocycles. The van der Waals surface area contributed by atoms with Crippen molar-refractivity contribution < 1.29 is 0 Å². The summed E-state index contributed by atoms with van der Waals surface area (Å²) in [5, 5.41) is 13.6. The molecular weight excluding hydrogens is 396 g/mol. The maximum Gasteiger partial charge on any atom is 0.179 e. The van der Waals surface area contributed by atoms with Crippen LogP contribution in [0.15, 0.2) is 61.1 Å². The summed E-state index contributed by atoms with van der Waals surface area (Å²) < 4.78 is 4.22. The van der Waals surface area contributed by atoms with Gasteiger partial charge in [0.15, 0.2) is 5.82 Å². The van der Waals surface area contributed by atoms with Gasteiger partial charge in [-0.15, -0.1) is 0 Å². The lowest BCUT2D eigenvalue weighted by molar-refractivity contribution is 0.380. The molecule has 6 rings (SSSR count). The van der Waals surface area contributed by atoms with E-state index in [1.54, 1.807) is 6.33 Å². The van der Waals surface area contributed by atoms with Gasteiger partial charge >= 0.3 is 0 Å². The van der Waals surface area contributed by atoms with Gasteiger partial charge in [-0.3, -0.25) is 0 Å². The molecule has 6 nitrogen and oxygen atoms in total. The van der Waals surface area contributed by atoms with E-state index in [9.17, 15) is 0 Å². The van der Waals surface area contributed by atoms with Gasteiger partial charge in [0.25, 0.3) is 0 Å². The van der Waals surface area contributed by atoms with E-state index in [4.69, 9.17) is 5.26 Å². The lowest BCUT2D eigenvalue weighted by Crippen LogP contribution is -2.46. The predicted molar refractivity (Wildman–Crippen MR) is 125 cm³/mol. The monoisotopic (exact) mass is 420 g/mol. The van der Waals surface area contributed by atoms with Gasteiger partial charge in [0, 0.05) is 37.1 Å². The minimum Gasteiger partial charge on any atom is -0.371 e. The summed E-state index contributed by atoms with van der Waals surface area (Å²) in [6.45, 7) is 5.34. The number of nitrogens with zero attached hydrogens (tertiary/aromatic N) is 6. The van der Waals surface area contributed by atoms with E-state index < -0.39 is 0 Å². The summed E-state index contributed by atoms with van der Waals surface area (Å²) in [4.78, 5) is 7.06. The van der Waals surface area contributed by atoms with Crippen molar-refractivity contribution in [3.63, 3.8) is 0 Å². The van der Waals surface area contributed by atoms with E-state index in [0.717, 1.165) is 53.9 Å². The second-order valence-electron chi connectivity index (χ2n) is 8.80. The van der Waals surface area contributed by atoms with Crippen molar-refractivity contribution in [2.75, 3.05) is 18.0 Å². The number of nitriles is 1. The zero-order chi connectivity index (χ0) is 21.7. The highest BCUT2D eigenvalue weighted by atomic mass is 15.4. The Kier molecular flexibility index (Phi) is 4.36. The fourth-order valence-corrected chi connectivity index (χ4v) is 4.97. The van der Waals surface area contributed by atoms with E-state index in [-0.39, 0.29) is 0 Å². The minimum absolute atomic E-state index is 0.669. The number of fused-ring (bicyclic) bond motifs is 5. The molecule has 158 valence electrons. The van der Waals surface area contributed by atoms with Crippen molar-refractivity contribution in [3.8, 4) is 34.4 Å². The van der Waals surface area contributed by atoms with Crippen molar-refractivity contribution in [1.82, 2.24) is 19.3 Å². The summed E-state index contributed by atoms with van der Waals surface area (Å²) in [7, 11) is 0. The Labute approximate surface area is 187 Å². The van der Waals surface area contributed by atoms with Crippen LogP contribution in [0, 0.1) is 17.2 Å². The zero-order valence-electron chi connectivity index (χ0n) is 18.1. The van der Waals surface area contributed by atoms with Crippen LogP contribution in [0.25, 0.3) is 28.3 Å². The molecule has 6 heteroatoms. The average Bonchev–Trinajstić information content (AvgIpc) is 3.41. The molecule has 0 N–H and O–H groups in total. The summed E-state index contributed by atoms with van der Waals surface area (Å²) in [5.74, 6) is 1.68. The second-order valence-corrected chi connectivity index (χ2v) is 8.80. The molecule has 2 aliphatic rings. The number of rotatable bonds is 4. The van der Waals surface area contributed by atoms with Crippen molar-refractivity contribution in [2.45, 2.75) is 26.3 Å². The number of benzene rings is 2. The van der Waals surface area contributed by atoms with Crippen molar-refractivity contribution in [2.24, 2.45) is 5.92 Å². The Balaban J connectivity index is 1.38. The molecule has 0 bridgehead atoms. The van der Waals surface area contributed by atoms with Crippen molar-refractivity contribution in [3.05, 3.63) is 72.2 Å². The van der Waals surface area contributed by atoms with Gasteiger partial charge < -0.3 is 9.47 Å². The number of hydrogen-bond donors (Lipinski definition) is 0. The van der Waals surface area contributed by atoms with Crippen LogP contribution in [-0.2, 0) is 6.54 Å². The highest BCUT2D eigenvalue weighted by molar-refractivity contribution is 5.72.